The minimum absolute atomic E-state index is 0.0918. The highest BCUT2D eigenvalue weighted by atomic mass is 35.5. The molecule has 0 radical (unpaired) electrons. The molecule has 1 unspecified atom stereocenters. The van der Waals surface area contributed by atoms with E-state index in [4.69, 9.17) is 22.3 Å². The monoisotopic (exact) mass is 429 g/mol. The Morgan fingerprint density at radius 1 is 1.30 bits per heavy atom. The second-order valence-corrected chi connectivity index (χ2v) is 8.68. The van der Waals surface area contributed by atoms with Crippen molar-refractivity contribution in [2.75, 3.05) is 36.0 Å². The predicted octanol–water partition coefficient (Wildman–Crippen LogP) is 0.914. The fourth-order valence-electron chi connectivity index (χ4n) is 4.49. The highest BCUT2D eigenvalue weighted by Gasteiger charge is 2.37. The SMILES string of the molecule is Cn1cc2c(Cl)c(N3CCc4nc(N5CCC(N)(CO)C5)n(C)c(=O)c43)ccc2n1. The predicted molar refractivity (Wildman–Crippen MR) is 117 cm³/mol. The summed E-state index contributed by atoms with van der Waals surface area (Å²) in [7, 11) is 3.58. The fraction of sp³-hybridized carbons (Fsp3) is 0.450. The van der Waals surface area contributed by atoms with Crippen LogP contribution < -0.4 is 21.1 Å². The van der Waals surface area contributed by atoms with Gasteiger partial charge in [-0.15, -0.1) is 0 Å². The Hall–Kier alpha value is -2.62. The van der Waals surface area contributed by atoms with Crippen molar-refractivity contribution in [3.8, 4) is 0 Å². The Balaban J connectivity index is 1.57. The number of halogens is 1. The lowest BCUT2D eigenvalue weighted by Gasteiger charge is -2.25. The molecule has 0 amide bonds. The molecular formula is C20H24ClN7O2. The number of aliphatic hydroxyl groups is 1. The number of rotatable bonds is 3. The number of nitrogens with zero attached hydrogens (tertiary/aromatic N) is 6. The Morgan fingerprint density at radius 3 is 2.83 bits per heavy atom. The van der Waals surface area contributed by atoms with Crippen LogP contribution in [-0.2, 0) is 20.5 Å². The first-order chi connectivity index (χ1) is 14.3. The summed E-state index contributed by atoms with van der Waals surface area (Å²) in [5.41, 5.74) is 8.36. The van der Waals surface area contributed by atoms with Gasteiger partial charge in [0.15, 0.2) is 0 Å². The summed E-state index contributed by atoms with van der Waals surface area (Å²) in [5, 5.41) is 15.4. The Bertz CT molecular complexity index is 1220. The minimum Gasteiger partial charge on any atom is -0.394 e. The van der Waals surface area contributed by atoms with Crippen LogP contribution in [0.5, 0.6) is 0 Å². The number of fused-ring (bicyclic) bond motifs is 2. The van der Waals surface area contributed by atoms with Gasteiger partial charge in [-0.1, -0.05) is 11.6 Å². The number of hydrogen-bond donors (Lipinski definition) is 2. The third kappa shape index (κ3) is 2.80. The molecule has 0 saturated carbocycles. The molecule has 0 aliphatic carbocycles. The number of anilines is 3. The number of nitrogens with two attached hydrogens (primary N) is 1. The average Bonchev–Trinajstić information content (AvgIpc) is 3.42. The van der Waals surface area contributed by atoms with E-state index in [1.54, 1.807) is 16.3 Å². The topological polar surface area (TPSA) is 105 Å². The Kier molecular flexibility index (Phi) is 4.32. The third-order valence-corrected chi connectivity index (χ3v) is 6.55. The molecule has 158 valence electrons. The van der Waals surface area contributed by atoms with E-state index in [1.165, 1.54) is 0 Å². The van der Waals surface area contributed by atoms with Crippen molar-refractivity contribution in [2.24, 2.45) is 19.8 Å². The van der Waals surface area contributed by atoms with E-state index in [2.05, 4.69) is 5.10 Å². The van der Waals surface area contributed by atoms with Gasteiger partial charge in [0.1, 0.15) is 5.69 Å². The Labute approximate surface area is 178 Å². The zero-order valence-corrected chi connectivity index (χ0v) is 17.7. The molecule has 2 aliphatic heterocycles. The first-order valence-electron chi connectivity index (χ1n) is 9.95. The van der Waals surface area contributed by atoms with Gasteiger partial charge in [0.2, 0.25) is 5.95 Å². The van der Waals surface area contributed by atoms with E-state index in [0.29, 0.717) is 49.1 Å². The van der Waals surface area contributed by atoms with Crippen LogP contribution in [0, 0.1) is 0 Å². The summed E-state index contributed by atoms with van der Waals surface area (Å²) in [6.07, 6.45) is 3.19. The van der Waals surface area contributed by atoms with Crippen LogP contribution in [0.4, 0.5) is 17.3 Å². The van der Waals surface area contributed by atoms with Crippen molar-refractivity contribution in [2.45, 2.75) is 18.4 Å². The smallest absolute Gasteiger partial charge is 0.278 e. The molecule has 0 spiro atoms. The van der Waals surface area contributed by atoms with Gasteiger partial charge < -0.3 is 20.6 Å². The van der Waals surface area contributed by atoms with E-state index in [9.17, 15) is 9.90 Å². The number of aliphatic hydroxyl groups excluding tert-OH is 1. The molecule has 30 heavy (non-hydrogen) atoms. The summed E-state index contributed by atoms with van der Waals surface area (Å²) in [5.74, 6) is 0.593. The van der Waals surface area contributed by atoms with E-state index >= 15 is 0 Å². The van der Waals surface area contributed by atoms with Gasteiger partial charge in [-0.05, 0) is 18.6 Å². The van der Waals surface area contributed by atoms with Crippen LogP contribution in [0.15, 0.2) is 23.1 Å². The summed E-state index contributed by atoms with van der Waals surface area (Å²) in [4.78, 5) is 22.1. The van der Waals surface area contributed by atoms with Gasteiger partial charge in [-0.2, -0.15) is 5.10 Å². The molecule has 2 aliphatic rings. The second-order valence-electron chi connectivity index (χ2n) is 8.30. The maximum absolute atomic E-state index is 13.3. The first kappa shape index (κ1) is 19.3. The van der Waals surface area contributed by atoms with Crippen molar-refractivity contribution in [1.82, 2.24) is 19.3 Å². The molecule has 1 fully saturated rings. The van der Waals surface area contributed by atoms with Crippen molar-refractivity contribution in [3.05, 3.63) is 39.4 Å². The van der Waals surface area contributed by atoms with Crippen LogP contribution in [-0.4, -0.2) is 56.2 Å². The van der Waals surface area contributed by atoms with E-state index in [0.717, 1.165) is 22.3 Å². The maximum atomic E-state index is 13.3. The molecule has 3 N–H and O–H groups in total. The van der Waals surface area contributed by atoms with Crippen molar-refractivity contribution >= 4 is 39.8 Å². The molecule has 1 saturated heterocycles. The summed E-state index contributed by atoms with van der Waals surface area (Å²) >= 11 is 6.71. The average molecular weight is 430 g/mol. The quantitative estimate of drug-likeness (QED) is 0.637. The van der Waals surface area contributed by atoms with Crippen molar-refractivity contribution in [1.29, 1.82) is 0 Å². The summed E-state index contributed by atoms with van der Waals surface area (Å²) in [6.45, 7) is 1.66. The van der Waals surface area contributed by atoms with E-state index in [1.807, 2.05) is 35.2 Å². The molecule has 4 heterocycles. The van der Waals surface area contributed by atoms with Crippen LogP contribution in [0.1, 0.15) is 12.1 Å². The van der Waals surface area contributed by atoms with Gasteiger partial charge in [0.25, 0.3) is 5.56 Å². The lowest BCUT2D eigenvalue weighted by molar-refractivity contribution is 0.210. The van der Waals surface area contributed by atoms with Crippen LogP contribution >= 0.6 is 11.6 Å². The number of aromatic nitrogens is 4. The molecular weight excluding hydrogens is 406 g/mol. The van der Waals surface area contributed by atoms with Gasteiger partial charge in [0, 0.05) is 51.7 Å². The standard InChI is InChI=1S/C20H24ClN7O2/c1-25-9-12-13(24-25)3-4-15(16(12)21)28-7-5-14-17(28)18(30)26(2)19(23-14)27-8-6-20(22,10-27)11-29/h3-4,9,29H,5-8,10-11,22H2,1-2H3. The van der Waals surface area contributed by atoms with Crippen molar-refractivity contribution < 1.29 is 5.11 Å². The largest absolute Gasteiger partial charge is 0.394 e. The number of aryl methyl sites for hydroxylation is 1. The second kappa shape index (κ2) is 6.69. The normalized spacial score (nSPS) is 21.1. The van der Waals surface area contributed by atoms with Gasteiger partial charge >= 0.3 is 0 Å². The maximum Gasteiger partial charge on any atom is 0.278 e. The van der Waals surface area contributed by atoms with Gasteiger partial charge in [-0.3, -0.25) is 14.0 Å². The molecule has 10 heteroatoms. The zero-order valence-electron chi connectivity index (χ0n) is 17.0. The lowest BCUT2D eigenvalue weighted by atomic mass is 10.0. The van der Waals surface area contributed by atoms with Crippen LogP contribution in [0.3, 0.4) is 0 Å². The van der Waals surface area contributed by atoms with E-state index in [-0.39, 0.29) is 12.2 Å². The molecule has 1 atom stereocenters. The summed E-state index contributed by atoms with van der Waals surface area (Å²) < 4.78 is 3.29. The third-order valence-electron chi connectivity index (χ3n) is 6.15. The molecule has 2 aromatic heterocycles. The van der Waals surface area contributed by atoms with Crippen molar-refractivity contribution in [3.63, 3.8) is 0 Å². The highest BCUT2D eigenvalue weighted by molar-refractivity contribution is 6.38. The molecule has 1 aromatic carbocycles. The molecule has 5 rings (SSSR count). The number of hydrogen-bond acceptors (Lipinski definition) is 7. The van der Waals surface area contributed by atoms with Gasteiger partial charge in [0.05, 0.1) is 34.1 Å². The van der Waals surface area contributed by atoms with Crippen LogP contribution in [0.25, 0.3) is 10.9 Å². The molecule has 9 nitrogen and oxygen atoms in total. The molecule has 3 aromatic rings. The van der Waals surface area contributed by atoms with Crippen LogP contribution in [0.2, 0.25) is 5.02 Å². The highest BCUT2D eigenvalue weighted by Crippen LogP contribution is 2.39. The van der Waals surface area contributed by atoms with E-state index < -0.39 is 5.54 Å². The number of benzene rings is 1. The summed E-state index contributed by atoms with van der Waals surface area (Å²) in [6, 6.07) is 3.82. The zero-order chi connectivity index (χ0) is 21.2. The molecule has 0 bridgehead atoms. The first-order valence-corrected chi connectivity index (χ1v) is 10.3. The lowest BCUT2D eigenvalue weighted by Crippen LogP contribution is -2.46. The van der Waals surface area contributed by atoms with Gasteiger partial charge in [-0.25, -0.2) is 4.98 Å². The fourth-order valence-corrected chi connectivity index (χ4v) is 4.80. The Morgan fingerprint density at radius 2 is 2.10 bits per heavy atom. The minimum atomic E-state index is -0.657.